The van der Waals surface area contributed by atoms with Crippen molar-refractivity contribution in [1.29, 1.82) is 0 Å². The number of aryl methyl sites for hydroxylation is 2. The summed E-state index contributed by atoms with van der Waals surface area (Å²) < 4.78 is 10.2. The van der Waals surface area contributed by atoms with Gasteiger partial charge in [-0.2, -0.15) is 0 Å². The lowest BCUT2D eigenvalue weighted by atomic mass is 9.90. The molecule has 2 bridgehead atoms. The first-order chi connectivity index (χ1) is 22.8. The Balaban J connectivity index is 1.09. The number of Topliss-reactive ketones (excluding diaryl/α,β-unsaturated/α-hetero) is 1. The number of anilines is 2. The fraction of sp³-hybridized carbons (Fsp3) is 0.405. The summed E-state index contributed by atoms with van der Waals surface area (Å²) in [4.78, 5) is 37.9. The summed E-state index contributed by atoms with van der Waals surface area (Å²) >= 11 is 0. The van der Waals surface area contributed by atoms with Crippen LogP contribution in [-0.2, 0) is 31.2 Å². The number of ether oxygens (including phenoxy) is 1. The van der Waals surface area contributed by atoms with Crippen molar-refractivity contribution in [2.45, 2.75) is 63.6 Å². The van der Waals surface area contributed by atoms with E-state index < -0.39 is 0 Å². The lowest BCUT2D eigenvalue weighted by molar-refractivity contribution is -0.118. The van der Waals surface area contributed by atoms with Crippen LogP contribution < -0.4 is 15.8 Å². The van der Waals surface area contributed by atoms with Crippen molar-refractivity contribution < 1.29 is 14.3 Å². The van der Waals surface area contributed by atoms with Gasteiger partial charge >= 0.3 is 0 Å². The highest BCUT2D eigenvalue weighted by Crippen LogP contribution is 2.40. The van der Waals surface area contributed by atoms with E-state index in [2.05, 4.69) is 38.7 Å². The van der Waals surface area contributed by atoms with Crippen LogP contribution >= 0.6 is 0 Å². The number of rotatable bonds is 7. The van der Waals surface area contributed by atoms with Gasteiger partial charge in [0, 0.05) is 61.7 Å². The lowest BCUT2D eigenvalue weighted by Crippen LogP contribution is -2.41. The van der Waals surface area contributed by atoms with Gasteiger partial charge in [0.05, 0.1) is 18.3 Å². The molecule has 1 amide bonds. The molecule has 1 aliphatic heterocycles. The van der Waals surface area contributed by atoms with Crippen molar-refractivity contribution in [2.75, 3.05) is 19.0 Å². The second-order valence-corrected chi connectivity index (χ2v) is 14.0. The van der Waals surface area contributed by atoms with Gasteiger partial charge in [-0.3, -0.25) is 9.59 Å². The second-order valence-electron chi connectivity index (χ2n) is 14.0. The van der Waals surface area contributed by atoms with Gasteiger partial charge in [-0.25, -0.2) is 9.97 Å². The molecule has 2 aromatic carbocycles. The molecule has 0 spiro atoms. The summed E-state index contributed by atoms with van der Waals surface area (Å²) in [6.07, 6.45) is 6.40. The van der Waals surface area contributed by atoms with Crippen LogP contribution in [0, 0.1) is 11.8 Å². The van der Waals surface area contributed by atoms with E-state index in [4.69, 9.17) is 20.4 Å². The van der Waals surface area contributed by atoms with Crippen LogP contribution in [-0.4, -0.2) is 61.4 Å². The SMILES string of the molecule is COc1cc(C(=O)N2CC3CCC2[C@@H]3N)cc2nc(-c3cc4ccc(Nc5ccc6c(c5)CCC(=O)C6)nc4n3CC3CC3)n(C)c12. The van der Waals surface area contributed by atoms with Gasteiger partial charge < -0.3 is 29.8 Å². The number of nitrogens with one attached hydrogen (secondary N) is 1. The molecule has 5 aromatic rings. The number of likely N-dealkylation sites (tertiary alicyclic amines) is 1. The summed E-state index contributed by atoms with van der Waals surface area (Å²) in [6, 6.07) is 16.5. The summed E-state index contributed by atoms with van der Waals surface area (Å²) in [6.45, 7) is 1.58. The number of aromatic nitrogens is 4. The van der Waals surface area contributed by atoms with Gasteiger partial charge in [0.25, 0.3) is 5.91 Å². The van der Waals surface area contributed by atoms with Crippen LogP contribution in [0.25, 0.3) is 33.6 Å². The van der Waals surface area contributed by atoms with Gasteiger partial charge in [-0.05, 0) is 97.5 Å². The summed E-state index contributed by atoms with van der Waals surface area (Å²) in [7, 11) is 3.66. The maximum Gasteiger partial charge on any atom is 0.254 e. The third-order valence-corrected chi connectivity index (χ3v) is 11.0. The van der Waals surface area contributed by atoms with Crippen molar-refractivity contribution in [1.82, 2.24) is 24.0 Å². The normalized spacial score (nSPS) is 22.0. The van der Waals surface area contributed by atoms with Crippen LogP contribution in [0.5, 0.6) is 5.75 Å². The van der Waals surface area contributed by atoms with Crippen molar-refractivity contribution in [2.24, 2.45) is 24.6 Å². The number of carbonyl (C=O) groups excluding carboxylic acids is 2. The molecule has 3 N–H and O–H groups in total. The molecule has 10 nitrogen and oxygen atoms in total. The summed E-state index contributed by atoms with van der Waals surface area (Å²) in [5.41, 5.74) is 13.8. The number of hydrogen-bond donors (Lipinski definition) is 2. The minimum atomic E-state index is -0.000421. The highest BCUT2D eigenvalue weighted by Gasteiger charge is 2.47. The molecule has 2 unspecified atom stereocenters. The molecule has 240 valence electrons. The fourth-order valence-corrected chi connectivity index (χ4v) is 8.22. The maximum absolute atomic E-state index is 13.8. The molecule has 3 aliphatic carbocycles. The number of amides is 1. The van der Waals surface area contributed by atoms with Gasteiger partial charge in [0.15, 0.2) is 5.82 Å². The minimum absolute atomic E-state index is 0.000421. The molecule has 4 aliphatic rings. The average molecular weight is 630 g/mol. The van der Waals surface area contributed by atoms with Gasteiger partial charge in [0.2, 0.25) is 0 Å². The Bertz CT molecular complexity index is 2110. The van der Waals surface area contributed by atoms with Gasteiger partial charge in [-0.1, -0.05) is 6.07 Å². The summed E-state index contributed by atoms with van der Waals surface area (Å²) in [5.74, 6) is 3.52. The molecule has 47 heavy (non-hydrogen) atoms. The zero-order valence-electron chi connectivity index (χ0n) is 26.8. The highest BCUT2D eigenvalue weighted by molar-refractivity contribution is 6.00. The van der Waals surface area contributed by atoms with E-state index >= 15 is 0 Å². The number of methoxy groups -OCH3 is 1. The van der Waals surface area contributed by atoms with E-state index in [0.717, 1.165) is 83.0 Å². The first-order valence-electron chi connectivity index (χ1n) is 16.9. The van der Waals surface area contributed by atoms with E-state index in [-0.39, 0.29) is 18.0 Å². The number of carbonyl (C=O) groups is 2. The predicted molar refractivity (Wildman–Crippen MR) is 181 cm³/mol. The Morgan fingerprint density at radius 3 is 2.66 bits per heavy atom. The number of hydrogen-bond acceptors (Lipinski definition) is 7. The van der Waals surface area contributed by atoms with Crippen LogP contribution in [0.2, 0.25) is 0 Å². The van der Waals surface area contributed by atoms with Gasteiger partial charge in [-0.15, -0.1) is 0 Å². The molecule has 3 fully saturated rings. The Kier molecular flexibility index (Phi) is 6.47. The number of nitrogens with zero attached hydrogens (tertiary/aromatic N) is 5. The topological polar surface area (TPSA) is 120 Å². The molecule has 3 aromatic heterocycles. The number of nitrogens with two attached hydrogens (primary N) is 1. The van der Waals surface area contributed by atoms with Gasteiger partial charge in [0.1, 0.15) is 28.5 Å². The molecular weight excluding hydrogens is 590 g/mol. The molecule has 1 saturated heterocycles. The largest absolute Gasteiger partial charge is 0.494 e. The highest BCUT2D eigenvalue weighted by atomic mass is 16.5. The van der Waals surface area contributed by atoms with Crippen molar-refractivity contribution in [3.8, 4) is 17.3 Å². The standard InChI is InChI=1S/C37H39N7O3/c1-42-34-28(15-25(17-31(34)47-2)37(46)44-19-24-7-11-29(44)33(24)38)40-36(42)30-16-23-8-12-32(41-35(23)43(30)18-20-3-4-20)39-26-9-5-22-14-27(45)10-6-21(22)13-26/h5,8-9,12-13,15-17,20,24,29,33H,3-4,6-7,10-11,14,18-19,38H2,1-2H3,(H,39,41)/t24?,29?,33-/m1/s1. The van der Waals surface area contributed by atoms with Crippen LogP contribution in [0.3, 0.4) is 0 Å². The molecule has 2 saturated carbocycles. The first-order valence-corrected chi connectivity index (χ1v) is 16.9. The number of fused-ring (bicyclic) bond motifs is 5. The number of benzene rings is 2. The maximum atomic E-state index is 13.8. The van der Waals surface area contributed by atoms with Crippen molar-refractivity contribution in [3.63, 3.8) is 0 Å². The summed E-state index contributed by atoms with van der Waals surface area (Å²) in [5, 5.41) is 4.56. The second kappa shape index (κ2) is 10.7. The Labute approximate surface area is 272 Å². The molecule has 0 radical (unpaired) electrons. The van der Waals surface area contributed by atoms with E-state index in [1.165, 1.54) is 18.4 Å². The molecular formula is C37H39N7O3. The molecule has 3 atom stereocenters. The third kappa shape index (κ3) is 4.72. The number of imidazole rings is 1. The monoisotopic (exact) mass is 629 g/mol. The molecule has 4 heterocycles. The first kappa shape index (κ1) is 28.5. The zero-order valence-corrected chi connectivity index (χ0v) is 26.8. The number of pyridine rings is 1. The predicted octanol–water partition coefficient (Wildman–Crippen LogP) is 5.37. The smallest absolute Gasteiger partial charge is 0.254 e. The fourth-order valence-electron chi connectivity index (χ4n) is 8.22. The third-order valence-electron chi connectivity index (χ3n) is 11.0. The Morgan fingerprint density at radius 2 is 1.89 bits per heavy atom. The molecule has 9 rings (SSSR count). The quantitative estimate of drug-likeness (QED) is 0.248. The van der Waals surface area contributed by atoms with Crippen LogP contribution in [0.4, 0.5) is 11.5 Å². The Hall–Kier alpha value is -4.70. The molecule has 10 heteroatoms. The zero-order chi connectivity index (χ0) is 32.0. The van der Waals surface area contributed by atoms with E-state index in [1.54, 1.807) is 7.11 Å². The van der Waals surface area contributed by atoms with E-state index in [9.17, 15) is 9.59 Å². The number of piperidine rings is 1. The van der Waals surface area contributed by atoms with Crippen molar-refractivity contribution >= 4 is 45.3 Å². The van der Waals surface area contributed by atoms with E-state index in [1.807, 2.05) is 36.2 Å². The van der Waals surface area contributed by atoms with Crippen LogP contribution in [0.1, 0.15) is 53.6 Å². The van der Waals surface area contributed by atoms with Crippen molar-refractivity contribution in [3.05, 3.63) is 65.2 Å². The minimum Gasteiger partial charge on any atom is -0.494 e. The average Bonchev–Trinajstić information content (AvgIpc) is 3.48. The Morgan fingerprint density at radius 1 is 1.02 bits per heavy atom. The lowest BCUT2D eigenvalue weighted by Gasteiger charge is -2.27. The number of ketones is 1. The van der Waals surface area contributed by atoms with Crippen LogP contribution in [0.15, 0.2) is 48.5 Å². The van der Waals surface area contributed by atoms with E-state index in [0.29, 0.717) is 41.8 Å².